The molecule has 0 fully saturated rings. The summed E-state index contributed by atoms with van der Waals surface area (Å²) in [6.45, 7) is 3.51. The third-order valence-electron chi connectivity index (χ3n) is 0.738. The van der Waals surface area contributed by atoms with Crippen LogP contribution in [0.15, 0.2) is 12.7 Å². The van der Waals surface area contributed by atoms with Crippen molar-refractivity contribution in [2.24, 2.45) is 0 Å². The topological polar surface area (TPSA) is 35.5 Å². The summed E-state index contributed by atoms with van der Waals surface area (Å²) in [5.41, 5.74) is 0. The summed E-state index contributed by atoms with van der Waals surface area (Å²) in [5.74, 6) is -0.491. The van der Waals surface area contributed by atoms with E-state index in [1.807, 2.05) is 0 Å². The largest absolute Gasteiger partial charge is 0.460 e. The molecule has 0 bridgehead atoms. The lowest BCUT2D eigenvalue weighted by molar-refractivity contribution is -0.139. The molecule has 0 aliphatic carbocycles. The quantitative estimate of drug-likeness (QED) is 0.291. The first-order valence-corrected chi connectivity index (χ1v) is 3.73. The molecule has 0 aromatic heterocycles. The van der Waals surface area contributed by atoms with Gasteiger partial charge in [-0.05, 0) is 0 Å². The first kappa shape index (κ1) is 10.8. The Hall–Kier alpha value is -0.250. The second kappa shape index (κ2) is 6.46. The molecule has 0 aliphatic rings. The SMILES string of the molecule is C=CC(=O)OCCOC(Cl)Cl. The summed E-state index contributed by atoms with van der Waals surface area (Å²) < 4.78 is 9.20. The summed E-state index contributed by atoms with van der Waals surface area (Å²) in [6, 6.07) is 0. The number of hydrogen-bond donors (Lipinski definition) is 0. The fourth-order valence-electron chi connectivity index (χ4n) is 0.338. The van der Waals surface area contributed by atoms with Crippen LogP contribution in [0.2, 0.25) is 0 Å². The number of esters is 1. The Balaban J connectivity index is 3.14. The van der Waals surface area contributed by atoms with Gasteiger partial charge in [0.05, 0.1) is 6.61 Å². The minimum atomic E-state index is -0.877. The molecule has 0 amide bonds. The van der Waals surface area contributed by atoms with Crippen LogP contribution in [0.5, 0.6) is 0 Å². The van der Waals surface area contributed by atoms with Crippen molar-refractivity contribution >= 4 is 29.2 Å². The maximum atomic E-state index is 10.4. The highest BCUT2D eigenvalue weighted by molar-refractivity contribution is 6.43. The molecule has 0 atom stereocenters. The molecule has 3 nitrogen and oxygen atoms in total. The molecule has 0 spiro atoms. The van der Waals surface area contributed by atoms with Gasteiger partial charge in [0.2, 0.25) is 5.02 Å². The molecule has 0 saturated carbocycles. The van der Waals surface area contributed by atoms with Gasteiger partial charge in [-0.3, -0.25) is 0 Å². The number of rotatable bonds is 5. The van der Waals surface area contributed by atoms with E-state index in [0.717, 1.165) is 6.08 Å². The maximum absolute atomic E-state index is 10.4. The van der Waals surface area contributed by atoms with Gasteiger partial charge in [-0.15, -0.1) is 0 Å². The molecule has 5 heteroatoms. The highest BCUT2D eigenvalue weighted by atomic mass is 35.5. The third-order valence-corrected chi connectivity index (χ3v) is 0.990. The molecule has 64 valence electrons. The van der Waals surface area contributed by atoms with Gasteiger partial charge >= 0.3 is 5.97 Å². The predicted octanol–water partition coefficient (Wildman–Crippen LogP) is 1.49. The van der Waals surface area contributed by atoms with E-state index in [4.69, 9.17) is 23.2 Å². The van der Waals surface area contributed by atoms with Crippen LogP contribution in [-0.4, -0.2) is 24.2 Å². The fraction of sp³-hybridized carbons (Fsp3) is 0.500. The van der Waals surface area contributed by atoms with Crippen LogP contribution < -0.4 is 0 Å². The monoisotopic (exact) mass is 198 g/mol. The molecule has 0 aromatic carbocycles. The molecule has 0 N–H and O–H groups in total. The lowest BCUT2D eigenvalue weighted by Gasteiger charge is -2.03. The van der Waals surface area contributed by atoms with Crippen LogP contribution in [0.25, 0.3) is 0 Å². The van der Waals surface area contributed by atoms with E-state index in [2.05, 4.69) is 16.1 Å². The molecular weight excluding hydrogens is 191 g/mol. The van der Waals surface area contributed by atoms with Crippen LogP contribution in [0, 0.1) is 0 Å². The Morgan fingerprint density at radius 2 is 2.18 bits per heavy atom. The average Bonchev–Trinajstić information content (AvgIpc) is 1.97. The number of hydrogen-bond acceptors (Lipinski definition) is 3. The van der Waals surface area contributed by atoms with Gasteiger partial charge in [0.25, 0.3) is 0 Å². The van der Waals surface area contributed by atoms with Crippen LogP contribution in [0.3, 0.4) is 0 Å². The minimum absolute atomic E-state index is 0.126. The first-order chi connectivity index (χ1) is 5.16. The van der Waals surface area contributed by atoms with Crippen molar-refractivity contribution in [2.45, 2.75) is 5.02 Å². The van der Waals surface area contributed by atoms with Crippen molar-refractivity contribution in [3.05, 3.63) is 12.7 Å². The number of carbonyl (C=O) groups excluding carboxylic acids is 1. The highest BCUT2D eigenvalue weighted by Gasteiger charge is 1.98. The summed E-state index contributed by atoms with van der Waals surface area (Å²) in [4.78, 5) is 10.4. The van der Waals surface area contributed by atoms with Crippen molar-refractivity contribution < 1.29 is 14.3 Å². The van der Waals surface area contributed by atoms with E-state index in [0.29, 0.717) is 0 Å². The molecule has 0 heterocycles. The van der Waals surface area contributed by atoms with Gasteiger partial charge in [0.15, 0.2) is 0 Å². The van der Waals surface area contributed by atoms with Crippen LogP contribution in [0.1, 0.15) is 0 Å². The molecule has 0 aliphatic heterocycles. The van der Waals surface area contributed by atoms with Crippen molar-refractivity contribution in [1.29, 1.82) is 0 Å². The van der Waals surface area contributed by atoms with E-state index < -0.39 is 11.0 Å². The second-order valence-corrected chi connectivity index (χ2v) is 2.52. The Morgan fingerprint density at radius 3 is 2.64 bits per heavy atom. The normalized spacial score (nSPS) is 9.73. The number of ether oxygens (including phenoxy) is 2. The summed E-state index contributed by atoms with van der Waals surface area (Å²) in [6.07, 6.45) is 1.07. The lowest BCUT2D eigenvalue weighted by Crippen LogP contribution is -2.09. The van der Waals surface area contributed by atoms with Crippen molar-refractivity contribution in [2.75, 3.05) is 13.2 Å². The summed E-state index contributed by atoms with van der Waals surface area (Å²) in [7, 11) is 0. The molecule has 0 aromatic rings. The van der Waals surface area contributed by atoms with E-state index in [1.165, 1.54) is 0 Å². The van der Waals surface area contributed by atoms with E-state index in [9.17, 15) is 4.79 Å². The zero-order chi connectivity index (χ0) is 8.69. The van der Waals surface area contributed by atoms with Crippen LogP contribution >= 0.6 is 23.2 Å². The van der Waals surface area contributed by atoms with Gasteiger partial charge in [-0.1, -0.05) is 29.8 Å². The van der Waals surface area contributed by atoms with Gasteiger partial charge < -0.3 is 9.47 Å². The molecule has 11 heavy (non-hydrogen) atoms. The van der Waals surface area contributed by atoms with Crippen molar-refractivity contribution in [1.82, 2.24) is 0 Å². The van der Waals surface area contributed by atoms with Crippen LogP contribution in [0.4, 0.5) is 0 Å². The predicted molar refractivity (Wildman–Crippen MR) is 42.6 cm³/mol. The van der Waals surface area contributed by atoms with E-state index in [-0.39, 0.29) is 13.2 Å². The van der Waals surface area contributed by atoms with E-state index in [1.54, 1.807) is 0 Å². The third kappa shape index (κ3) is 7.65. The Labute approximate surface area is 74.9 Å². The van der Waals surface area contributed by atoms with Gasteiger partial charge in [0.1, 0.15) is 6.61 Å². The van der Waals surface area contributed by atoms with Gasteiger partial charge in [-0.25, -0.2) is 4.79 Å². The zero-order valence-corrected chi connectivity index (χ0v) is 7.27. The molecule has 0 radical (unpaired) electrons. The number of carbonyl (C=O) groups is 1. The van der Waals surface area contributed by atoms with Crippen molar-refractivity contribution in [3.8, 4) is 0 Å². The Morgan fingerprint density at radius 1 is 1.55 bits per heavy atom. The van der Waals surface area contributed by atoms with Gasteiger partial charge in [-0.2, -0.15) is 0 Å². The minimum Gasteiger partial charge on any atom is -0.460 e. The maximum Gasteiger partial charge on any atom is 0.330 e. The lowest BCUT2D eigenvalue weighted by atomic mass is 10.6. The average molecular weight is 199 g/mol. The Bertz CT molecular complexity index is 136. The number of halogens is 2. The molecule has 0 unspecified atom stereocenters. The molecule has 0 saturated heterocycles. The first-order valence-electron chi connectivity index (χ1n) is 2.85. The standard InChI is InChI=1S/C6H8Cl2O3/c1-2-5(9)10-3-4-11-6(7)8/h2,6H,1,3-4H2. The molecular formula is C6H8Cl2O3. The Kier molecular flexibility index (Phi) is 6.31. The van der Waals surface area contributed by atoms with E-state index >= 15 is 0 Å². The number of alkyl halides is 2. The highest BCUT2D eigenvalue weighted by Crippen LogP contribution is 2.01. The summed E-state index contributed by atoms with van der Waals surface area (Å²) >= 11 is 10.4. The molecule has 0 rings (SSSR count). The second-order valence-electron chi connectivity index (χ2n) is 1.50. The van der Waals surface area contributed by atoms with Gasteiger partial charge in [0, 0.05) is 6.08 Å². The summed E-state index contributed by atoms with van der Waals surface area (Å²) in [5, 5.41) is -0.877. The fourth-order valence-corrected chi connectivity index (χ4v) is 0.517. The smallest absolute Gasteiger partial charge is 0.330 e. The zero-order valence-electron chi connectivity index (χ0n) is 5.76. The van der Waals surface area contributed by atoms with Crippen LogP contribution in [-0.2, 0) is 14.3 Å². The van der Waals surface area contributed by atoms with Crippen molar-refractivity contribution in [3.63, 3.8) is 0 Å².